The predicted octanol–water partition coefficient (Wildman–Crippen LogP) is -9.75. The summed E-state index contributed by atoms with van der Waals surface area (Å²) in [6, 6.07) is 0. The minimum atomic E-state index is -1.88. The molecule has 0 saturated carbocycles. The lowest BCUT2D eigenvalue weighted by atomic mass is 9.98. The molecule has 0 aromatic carbocycles. The summed E-state index contributed by atoms with van der Waals surface area (Å²) >= 11 is 0. The maximum atomic E-state index is 10.4. The van der Waals surface area contributed by atoms with Crippen LogP contribution in [0.25, 0.3) is 0 Å². The van der Waals surface area contributed by atoms with Crippen molar-refractivity contribution in [1.82, 2.24) is 0 Å². The normalized spacial score (nSPS) is 52.9. The molecule has 0 aromatic heterocycles. The van der Waals surface area contributed by atoms with Crippen LogP contribution in [0.2, 0.25) is 0 Å². The average molecular weight is 667 g/mol. The van der Waals surface area contributed by atoms with Crippen LogP contribution in [0.3, 0.4) is 0 Å². The van der Waals surface area contributed by atoms with Crippen molar-refractivity contribution in [2.45, 2.75) is 123 Å². The van der Waals surface area contributed by atoms with Gasteiger partial charge in [0.05, 0.1) is 26.4 Å². The second kappa shape index (κ2) is 15.6. The molecule has 0 unspecified atom stereocenters. The van der Waals surface area contributed by atoms with Crippen LogP contribution in [0.1, 0.15) is 0 Å². The third-order valence-corrected chi connectivity index (χ3v) is 8.15. The van der Waals surface area contributed by atoms with E-state index in [-0.39, 0.29) is 0 Å². The fourth-order valence-electron chi connectivity index (χ4n) is 5.23. The Hall–Kier alpha value is -0.840. The highest BCUT2D eigenvalue weighted by atomic mass is 16.7. The summed E-state index contributed by atoms with van der Waals surface area (Å²) in [5.74, 6) is 0. The van der Waals surface area contributed by atoms with Crippen LogP contribution in [0.4, 0.5) is 0 Å². The summed E-state index contributed by atoms with van der Waals surface area (Å²) < 4.78 is 37.2. The molecule has 0 aromatic rings. The third kappa shape index (κ3) is 7.91. The summed E-state index contributed by atoms with van der Waals surface area (Å²) in [5, 5.41) is 141. The molecule has 4 rings (SSSR count). The lowest BCUT2D eigenvalue weighted by Gasteiger charge is -2.44. The van der Waals surface area contributed by atoms with Crippen LogP contribution < -0.4 is 0 Å². The molecule has 4 saturated heterocycles. The molecule has 0 amide bonds. The summed E-state index contributed by atoms with van der Waals surface area (Å²) in [6.45, 7) is -2.67. The quantitative estimate of drug-likeness (QED) is 0.103. The number of ether oxygens (including phenoxy) is 7. The largest absolute Gasteiger partial charge is 0.394 e. The molecule has 21 nitrogen and oxygen atoms in total. The van der Waals surface area contributed by atoms with Crippen LogP contribution >= 0.6 is 0 Å². The van der Waals surface area contributed by atoms with Gasteiger partial charge in [-0.1, -0.05) is 0 Å². The molecular weight excluding hydrogens is 624 g/mol. The van der Waals surface area contributed by atoms with Gasteiger partial charge in [0.2, 0.25) is 0 Å². The molecule has 0 spiro atoms. The van der Waals surface area contributed by atoms with Crippen molar-refractivity contribution < 1.29 is 105 Å². The average Bonchev–Trinajstić information content (AvgIpc) is 3.02. The van der Waals surface area contributed by atoms with Gasteiger partial charge in [0.25, 0.3) is 0 Å². The molecule has 45 heavy (non-hydrogen) atoms. The first kappa shape index (κ1) is 37.0. The highest BCUT2D eigenvalue weighted by Gasteiger charge is 2.50. The first-order valence-corrected chi connectivity index (χ1v) is 14.1. The van der Waals surface area contributed by atoms with Crippen LogP contribution in [0, 0.1) is 0 Å². The van der Waals surface area contributed by atoms with Gasteiger partial charge < -0.3 is 105 Å². The van der Waals surface area contributed by atoms with Crippen molar-refractivity contribution >= 4 is 0 Å². The number of aliphatic hydroxyl groups is 14. The molecule has 0 aliphatic carbocycles. The second-order valence-corrected chi connectivity index (χ2v) is 11.3. The third-order valence-electron chi connectivity index (χ3n) is 8.15. The molecule has 0 radical (unpaired) electrons. The van der Waals surface area contributed by atoms with E-state index in [0.29, 0.717) is 0 Å². The zero-order valence-electron chi connectivity index (χ0n) is 23.5. The maximum Gasteiger partial charge on any atom is 0.186 e. The van der Waals surface area contributed by atoms with E-state index >= 15 is 0 Å². The van der Waals surface area contributed by atoms with Crippen molar-refractivity contribution in [3.05, 3.63) is 0 Å². The van der Waals surface area contributed by atoms with Crippen molar-refractivity contribution in [2.24, 2.45) is 0 Å². The monoisotopic (exact) mass is 666 g/mol. The first-order chi connectivity index (χ1) is 21.2. The van der Waals surface area contributed by atoms with E-state index in [1.807, 2.05) is 0 Å². The predicted molar refractivity (Wildman–Crippen MR) is 134 cm³/mol. The number of hydrogen-bond donors (Lipinski definition) is 14. The zero-order valence-corrected chi connectivity index (χ0v) is 23.5. The van der Waals surface area contributed by atoms with Gasteiger partial charge >= 0.3 is 0 Å². The first-order valence-electron chi connectivity index (χ1n) is 14.1. The highest BCUT2D eigenvalue weighted by molar-refractivity contribution is 4.94. The summed E-state index contributed by atoms with van der Waals surface area (Å²) in [4.78, 5) is 0. The highest BCUT2D eigenvalue weighted by Crippen LogP contribution is 2.29. The van der Waals surface area contributed by atoms with E-state index < -0.39 is 149 Å². The van der Waals surface area contributed by atoms with Gasteiger partial charge in [0.1, 0.15) is 97.7 Å². The number of rotatable bonds is 10. The lowest BCUT2D eigenvalue weighted by Crippen LogP contribution is -2.63. The van der Waals surface area contributed by atoms with Gasteiger partial charge in [-0.3, -0.25) is 0 Å². The van der Waals surface area contributed by atoms with Gasteiger partial charge in [-0.25, -0.2) is 0 Å². The molecule has 4 aliphatic heterocycles. The molecule has 14 N–H and O–H groups in total. The van der Waals surface area contributed by atoms with Gasteiger partial charge in [0, 0.05) is 0 Å². The standard InChI is InChI=1S/C24H42O21/c25-1-5-9(26)14(31)18(35)22(43-5)40-3-7-11(28)16(33)20(37)24(45-7)41-4-8-12(29)15(32)19(36)23(44-8)39-2-6-10(27)13(30)17(34)21(38)42-6/h5-38H,1-4H2/t5-,6-,7-,8-,9+,10-,11+,12+,13+,14+,15+,16+,17-,18-,19-,20-,21-,22+,23+,24+/m1/s1. The minimum Gasteiger partial charge on any atom is -0.394 e. The molecule has 264 valence electrons. The van der Waals surface area contributed by atoms with Gasteiger partial charge in [0.15, 0.2) is 25.2 Å². The fourth-order valence-corrected chi connectivity index (χ4v) is 5.23. The van der Waals surface area contributed by atoms with E-state index in [0.717, 1.165) is 0 Å². The Morgan fingerprint density at radius 1 is 0.333 bits per heavy atom. The van der Waals surface area contributed by atoms with Gasteiger partial charge in [-0.15, -0.1) is 0 Å². The Bertz CT molecular complexity index is 916. The van der Waals surface area contributed by atoms with E-state index in [9.17, 15) is 71.5 Å². The molecule has 4 aliphatic rings. The maximum absolute atomic E-state index is 10.4. The molecular formula is C24H42O21. The Kier molecular flexibility index (Phi) is 12.8. The topological polar surface area (TPSA) is 348 Å². The van der Waals surface area contributed by atoms with Crippen LogP contribution in [0.5, 0.6) is 0 Å². The van der Waals surface area contributed by atoms with Gasteiger partial charge in [-0.2, -0.15) is 0 Å². The van der Waals surface area contributed by atoms with Crippen LogP contribution in [0.15, 0.2) is 0 Å². The lowest BCUT2D eigenvalue weighted by molar-refractivity contribution is -0.346. The van der Waals surface area contributed by atoms with Crippen molar-refractivity contribution in [3.8, 4) is 0 Å². The number of hydrogen-bond acceptors (Lipinski definition) is 21. The smallest absolute Gasteiger partial charge is 0.186 e. The summed E-state index contributed by atoms with van der Waals surface area (Å²) in [5.41, 5.74) is 0. The summed E-state index contributed by atoms with van der Waals surface area (Å²) in [7, 11) is 0. The van der Waals surface area contributed by atoms with E-state index in [1.54, 1.807) is 0 Å². The van der Waals surface area contributed by atoms with Crippen molar-refractivity contribution in [1.29, 1.82) is 0 Å². The Morgan fingerprint density at radius 2 is 0.622 bits per heavy atom. The SMILES string of the molecule is OC[C@H]1O[C@H](OC[C@H]2O[C@H](OC[C@H]3O[C@H](OC[C@H]4O[C@@H](O)[C@H](O)[C@@H](O)[C@@H]4O)[C@H](O)[C@@H](O)[C@H]3O)[C@H](O)[C@@H](O)[C@H]2O)[C@H](O)[C@@H](O)[C@H]1O. The van der Waals surface area contributed by atoms with E-state index in [2.05, 4.69) is 0 Å². The Balaban J connectivity index is 1.33. The van der Waals surface area contributed by atoms with Crippen LogP contribution in [-0.4, -0.2) is 221 Å². The Morgan fingerprint density at radius 3 is 0.978 bits per heavy atom. The molecule has 20 atom stereocenters. The molecule has 4 heterocycles. The molecule has 0 bridgehead atoms. The van der Waals surface area contributed by atoms with Gasteiger partial charge in [-0.05, 0) is 0 Å². The number of aliphatic hydroxyl groups excluding tert-OH is 14. The fraction of sp³-hybridized carbons (Fsp3) is 1.00. The van der Waals surface area contributed by atoms with E-state index in [1.165, 1.54) is 0 Å². The van der Waals surface area contributed by atoms with E-state index in [4.69, 9.17) is 33.2 Å². The van der Waals surface area contributed by atoms with Crippen molar-refractivity contribution in [3.63, 3.8) is 0 Å². The molecule has 4 fully saturated rings. The zero-order chi connectivity index (χ0) is 33.3. The van der Waals surface area contributed by atoms with Crippen LogP contribution in [-0.2, 0) is 33.2 Å². The van der Waals surface area contributed by atoms with Crippen molar-refractivity contribution in [2.75, 3.05) is 26.4 Å². The summed E-state index contributed by atoms with van der Waals surface area (Å²) in [6.07, 6.45) is -34.1. The molecule has 21 heteroatoms. The minimum absolute atomic E-state index is 0.633. The Labute approximate surface area is 254 Å². The second-order valence-electron chi connectivity index (χ2n) is 11.3.